The third kappa shape index (κ3) is 5.84. The van der Waals surface area contributed by atoms with Crippen molar-refractivity contribution in [3.63, 3.8) is 0 Å². The third-order valence-corrected chi connectivity index (χ3v) is 6.50. The van der Waals surface area contributed by atoms with Gasteiger partial charge in [-0.15, -0.1) is 12.4 Å². The number of carbonyl (C=O) groups is 1. The molecule has 0 N–H and O–H groups in total. The van der Waals surface area contributed by atoms with Crippen molar-refractivity contribution < 1.29 is 4.79 Å². The topological polar surface area (TPSA) is 67.2 Å². The Bertz CT molecular complexity index is 1120. The fourth-order valence-corrected chi connectivity index (χ4v) is 4.29. The van der Waals surface area contributed by atoms with Gasteiger partial charge in [-0.25, -0.2) is 14.6 Å². The Morgan fingerprint density at radius 2 is 1.64 bits per heavy atom. The second kappa shape index (κ2) is 10.8. The number of hydrogen-bond donors (Lipinski definition) is 0. The largest absolute Gasteiger partial charge is 0.369 e. The van der Waals surface area contributed by atoms with Gasteiger partial charge in [0.25, 0.3) is 5.95 Å². The summed E-state index contributed by atoms with van der Waals surface area (Å²) in [6.45, 7) is 10.00. The van der Waals surface area contributed by atoms with Crippen molar-refractivity contribution in [2.75, 3.05) is 37.6 Å². The van der Waals surface area contributed by atoms with Crippen LogP contribution in [0.1, 0.15) is 33.9 Å². The molecule has 0 amide bonds. The van der Waals surface area contributed by atoms with E-state index in [0.717, 1.165) is 55.5 Å². The molecule has 3 heterocycles. The summed E-state index contributed by atoms with van der Waals surface area (Å²) in [7, 11) is 0. The molecule has 0 aliphatic carbocycles. The summed E-state index contributed by atoms with van der Waals surface area (Å²) < 4.78 is 1.64. The Kier molecular flexibility index (Phi) is 8.34. The molecule has 4 rings (SSSR count). The minimum Gasteiger partial charge on any atom is -0.369 e. The summed E-state index contributed by atoms with van der Waals surface area (Å²) >= 11 is 12.2. The van der Waals surface area contributed by atoms with Gasteiger partial charge in [0.2, 0.25) is 0 Å². The maximum absolute atomic E-state index is 12.9. The van der Waals surface area contributed by atoms with Gasteiger partial charge in [0.1, 0.15) is 0 Å². The molecule has 1 fully saturated rings. The molecular weight excluding hydrogens is 483 g/mol. The van der Waals surface area contributed by atoms with Gasteiger partial charge in [-0.2, -0.15) is 5.10 Å². The molecule has 10 heteroatoms. The molecule has 0 bridgehead atoms. The highest BCUT2D eigenvalue weighted by molar-refractivity contribution is 6.42. The predicted octanol–water partition coefficient (Wildman–Crippen LogP) is 4.71. The summed E-state index contributed by atoms with van der Waals surface area (Å²) in [5.41, 5.74) is 4.21. The van der Waals surface area contributed by atoms with Crippen LogP contribution >= 0.6 is 35.6 Å². The van der Waals surface area contributed by atoms with Gasteiger partial charge >= 0.3 is 0 Å². The summed E-state index contributed by atoms with van der Waals surface area (Å²) in [4.78, 5) is 26.4. The number of aryl methyl sites for hydroxylation is 2. The van der Waals surface area contributed by atoms with Crippen molar-refractivity contribution >= 4 is 47.1 Å². The molecule has 7 nitrogen and oxygen atoms in total. The van der Waals surface area contributed by atoms with Crippen molar-refractivity contribution in [2.24, 2.45) is 0 Å². The van der Waals surface area contributed by atoms with Crippen LogP contribution in [0.2, 0.25) is 10.0 Å². The van der Waals surface area contributed by atoms with E-state index >= 15 is 0 Å². The van der Waals surface area contributed by atoms with Crippen molar-refractivity contribution in [3.8, 4) is 5.95 Å². The van der Waals surface area contributed by atoms with E-state index in [0.29, 0.717) is 28.0 Å². The molecular formula is C23H27Cl3N6O. The van der Waals surface area contributed by atoms with Crippen LogP contribution in [0.5, 0.6) is 0 Å². The minimum atomic E-state index is 0. The first-order valence-corrected chi connectivity index (χ1v) is 11.4. The first kappa shape index (κ1) is 25.4. The van der Waals surface area contributed by atoms with Crippen molar-refractivity contribution in [1.29, 1.82) is 0 Å². The van der Waals surface area contributed by atoms with E-state index in [1.807, 2.05) is 45.0 Å². The normalized spacial score (nSPS) is 14.3. The number of piperazine rings is 1. The number of Topliss-reactive ketones (excluding diaryl/α,β-unsaturated/α-hetero) is 1. The average Bonchev–Trinajstić information content (AvgIpc) is 3.15. The molecule has 0 saturated carbocycles. The lowest BCUT2D eigenvalue weighted by molar-refractivity contribution is 0.0962. The number of anilines is 1. The maximum atomic E-state index is 12.9. The number of nitrogens with zero attached hydrogens (tertiary/aromatic N) is 6. The highest BCUT2D eigenvalue weighted by Crippen LogP contribution is 2.27. The van der Waals surface area contributed by atoms with Crippen LogP contribution in [0.4, 0.5) is 5.69 Å². The number of carbonyl (C=O) groups excluding carboxylic acids is 1. The molecule has 1 aromatic carbocycles. The van der Waals surface area contributed by atoms with Crippen LogP contribution in [0.15, 0.2) is 30.5 Å². The summed E-state index contributed by atoms with van der Waals surface area (Å²) in [5, 5.41) is 5.51. The number of hydrogen-bond acceptors (Lipinski definition) is 6. The quantitative estimate of drug-likeness (QED) is 0.448. The van der Waals surface area contributed by atoms with Crippen molar-refractivity contribution in [2.45, 2.75) is 27.2 Å². The summed E-state index contributed by atoms with van der Waals surface area (Å²) in [6, 6.07) is 7.64. The van der Waals surface area contributed by atoms with Crippen LogP contribution < -0.4 is 4.90 Å². The van der Waals surface area contributed by atoms with Gasteiger partial charge in [0, 0.05) is 56.2 Å². The lowest BCUT2D eigenvalue weighted by Gasteiger charge is -2.36. The molecule has 1 aliphatic heterocycles. The standard InChI is InChI=1S/C23H26Cl2N6O.ClH/c1-15-12-16(2)28-23(27-15)31-17(3)19(14-26-31)22(32)6-7-29-8-10-30(11-9-29)18-4-5-20(24)21(25)13-18;/h4-5,12-14H,6-11H2,1-3H3;1H. The van der Waals surface area contributed by atoms with Gasteiger partial charge < -0.3 is 4.90 Å². The second-order valence-corrected chi connectivity index (χ2v) is 8.92. The summed E-state index contributed by atoms with van der Waals surface area (Å²) in [5.74, 6) is 0.586. The first-order chi connectivity index (χ1) is 15.3. The Balaban J connectivity index is 0.00000306. The van der Waals surface area contributed by atoms with Crippen LogP contribution in [-0.2, 0) is 0 Å². The van der Waals surface area contributed by atoms with E-state index in [1.165, 1.54) is 0 Å². The van der Waals surface area contributed by atoms with E-state index in [1.54, 1.807) is 10.9 Å². The predicted molar refractivity (Wildman–Crippen MR) is 135 cm³/mol. The number of rotatable bonds is 6. The van der Waals surface area contributed by atoms with E-state index < -0.39 is 0 Å². The number of aromatic nitrogens is 4. The van der Waals surface area contributed by atoms with E-state index in [2.05, 4.69) is 24.9 Å². The SMILES string of the molecule is Cc1cc(C)nc(-n2ncc(C(=O)CCN3CCN(c4ccc(Cl)c(Cl)c4)CC3)c2C)n1.Cl. The van der Waals surface area contributed by atoms with Crippen LogP contribution in [0.25, 0.3) is 5.95 Å². The monoisotopic (exact) mass is 508 g/mol. The van der Waals surface area contributed by atoms with E-state index in [4.69, 9.17) is 23.2 Å². The molecule has 2 aromatic heterocycles. The Hall–Kier alpha value is -2.19. The molecule has 0 spiro atoms. The zero-order valence-corrected chi connectivity index (χ0v) is 21.2. The molecule has 0 radical (unpaired) electrons. The lowest BCUT2D eigenvalue weighted by atomic mass is 10.1. The molecule has 0 unspecified atom stereocenters. The lowest BCUT2D eigenvalue weighted by Crippen LogP contribution is -2.46. The molecule has 1 aliphatic rings. The first-order valence-electron chi connectivity index (χ1n) is 10.6. The van der Waals surface area contributed by atoms with E-state index in [9.17, 15) is 4.79 Å². The number of halogens is 3. The van der Waals surface area contributed by atoms with Gasteiger partial charge in [-0.3, -0.25) is 9.69 Å². The van der Waals surface area contributed by atoms with Gasteiger partial charge in [-0.05, 0) is 45.0 Å². The third-order valence-electron chi connectivity index (χ3n) is 5.77. The summed E-state index contributed by atoms with van der Waals surface area (Å²) in [6.07, 6.45) is 2.08. The molecule has 1 saturated heterocycles. The number of benzene rings is 1. The van der Waals surface area contributed by atoms with Crippen LogP contribution in [0, 0.1) is 20.8 Å². The van der Waals surface area contributed by atoms with Gasteiger partial charge in [0.15, 0.2) is 5.78 Å². The average molecular weight is 510 g/mol. The zero-order chi connectivity index (χ0) is 22.8. The molecule has 0 atom stereocenters. The molecule has 3 aromatic rings. The highest BCUT2D eigenvalue weighted by atomic mass is 35.5. The Morgan fingerprint density at radius 1 is 0.970 bits per heavy atom. The second-order valence-electron chi connectivity index (χ2n) is 8.11. The van der Waals surface area contributed by atoms with Gasteiger partial charge in [-0.1, -0.05) is 23.2 Å². The molecule has 33 heavy (non-hydrogen) atoms. The number of ketones is 1. The zero-order valence-electron chi connectivity index (χ0n) is 18.9. The fourth-order valence-electron chi connectivity index (χ4n) is 3.99. The van der Waals surface area contributed by atoms with Crippen LogP contribution in [-0.4, -0.2) is 63.2 Å². The Morgan fingerprint density at radius 3 is 2.27 bits per heavy atom. The smallest absolute Gasteiger partial charge is 0.251 e. The minimum absolute atomic E-state index is 0. The van der Waals surface area contributed by atoms with Crippen LogP contribution in [0.3, 0.4) is 0 Å². The molecule has 176 valence electrons. The van der Waals surface area contributed by atoms with E-state index in [-0.39, 0.29) is 18.2 Å². The van der Waals surface area contributed by atoms with Crippen molar-refractivity contribution in [1.82, 2.24) is 24.6 Å². The van der Waals surface area contributed by atoms with Crippen molar-refractivity contribution in [3.05, 3.63) is 63.2 Å². The fraction of sp³-hybridized carbons (Fsp3) is 0.391. The Labute approximate surface area is 210 Å². The van der Waals surface area contributed by atoms with Gasteiger partial charge in [0.05, 0.1) is 27.5 Å². The maximum Gasteiger partial charge on any atom is 0.251 e. The highest BCUT2D eigenvalue weighted by Gasteiger charge is 2.21.